The first-order chi connectivity index (χ1) is 19.8. The van der Waals surface area contributed by atoms with Gasteiger partial charge in [-0.25, -0.2) is 0 Å². The summed E-state index contributed by atoms with van der Waals surface area (Å²) in [6, 6.07) is 0. The van der Waals surface area contributed by atoms with Crippen LogP contribution in [-0.2, 0) is 61.6 Å². The Morgan fingerprint density at radius 2 is 0.525 bits per heavy atom. The van der Waals surface area contributed by atoms with Gasteiger partial charge in [0.15, 0.2) is 0 Å². The quantitative estimate of drug-likeness (QED) is 0.0578. The number of halogens is 1. The average Bonchev–Trinajstić information content (AvgIpc) is 2.95. The van der Waals surface area contributed by atoms with Crippen molar-refractivity contribution in [2.24, 2.45) is 0 Å². The fraction of sp³-hybridized carbons (Fsp3) is 0.962. The molecule has 0 fully saturated rings. The molecule has 0 spiro atoms. The number of ether oxygens (including phenoxy) is 12. The lowest BCUT2D eigenvalue weighted by Crippen LogP contribution is -2.15. The average molecular weight is 607 g/mol. The van der Waals surface area contributed by atoms with Crippen molar-refractivity contribution in [1.82, 2.24) is 0 Å². The van der Waals surface area contributed by atoms with Crippen molar-refractivity contribution >= 4 is 17.6 Å². The van der Waals surface area contributed by atoms with Gasteiger partial charge in [-0.1, -0.05) is 0 Å². The molecule has 0 atom stereocenters. The minimum atomic E-state index is -0.311. The third-order valence-corrected chi connectivity index (χ3v) is 4.63. The molecule has 0 aliphatic carbocycles. The summed E-state index contributed by atoms with van der Waals surface area (Å²) in [5.74, 6) is 0.184. The van der Waals surface area contributed by atoms with Crippen molar-refractivity contribution in [2.45, 2.75) is 6.92 Å². The van der Waals surface area contributed by atoms with Gasteiger partial charge in [0.05, 0.1) is 145 Å². The molecule has 0 aliphatic heterocycles. The number of hydrogen-bond donors (Lipinski definition) is 0. The van der Waals surface area contributed by atoms with Gasteiger partial charge in [0.25, 0.3) is 0 Å². The van der Waals surface area contributed by atoms with Crippen LogP contribution < -0.4 is 0 Å². The Morgan fingerprint density at radius 3 is 0.700 bits per heavy atom. The Hall–Kier alpha value is -0.680. The van der Waals surface area contributed by atoms with Crippen LogP contribution in [-0.4, -0.2) is 164 Å². The summed E-state index contributed by atoms with van der Waals surface area (Å²) in [6.07, 6.45) is 0. The second kappa shape index (κ2) is 36.3. The van der Waals surface area contributed by atoms with Crippen molar-refractivity contribution in [3.63, 3.8) is 0 Å². The maximum atomic E-state index is 10.6. The minimum absolute atomic E-state index is 0.258. The fourth-order valence-corrected chi connectivity index (χ4v) is 2.71. The van der Waals surface area contributed by atoms with Crippen molar-refractivity contribution in [1.29, 1.82) is 0 Å². The monoisotopic (exact) mass is 606 g/mol. The number of alkyl halides is 1. The van der Waals surface area contributed by atoms with Crippen LogP contribution in [0.4, 0.5) is 0 Å². The van der Waals surface area contributed by atoms with Crippen molar-refractivity contribution in [2.75, 3.05) is 158 Å². The van der Waals surface area contributed by atoms with E-state index in [2.05, 4.69) is 0 Å². The molecule has 0 N–H and O–H groups in total. The molecule has 0 unspecified atom stereocenters. The van der Waals surface area contributed by atoms with Crippen LogP contribution in [0.5, 0.6) is 0 Å². The predicted molar refractivity (Wildman–Crippen MR) is 146 cm³/mol. The topological polar surface area (TPSA) is 128 Å². The van der Waals surface area contributed by atoms with Crippen LogP contribution in [0.1, 0.15) is 6.92 Å². The third-order valence-electron chi connectivity index (χ3n) is 4.47. The molecule has 40 heavy (non-hydrogen) atoms. The SMILES string of the molecule is CC(=O)OCCOCCOCCOCCOCCOCCOCCOCCOCCOCCOCCOCCCl. The highest BCUT2D eigenvalue weighted by molar-refractivity contribution is 6.17. The summed E-state index contributed by atoms with van der Waals surface area (Å²) in [4.78, 5) is 10.6. The predicted octanol–water partition coefficient (Wildman–Crippen LogP) is 0.971. The van der Waals surface area contributed by atoms with E-state index in [-0.39, 0.29) is 12.6 Å². The lowest BCUT2D eigenvalue weighted by molar-refractivity contribution is -0.142. The van der Waals surface area contributed by atoms with E-state index < -0.39 is 0 Å². The molecule has 0 aromatic heterocycles. The first-order valence-electron chi connectivity index (χ1n) is 13.8. The van der Waals surface area contributed by atoms with Gasteiger partial charge in [-0.15, -0.1) is 11.6 Å². The molecule has 0 aliphatic rings. The maximum Gasteiger partial charge on any atom is 0.302 e. The van der Waals surface area contributed by atoms with Gasteiger partial charge < -0.3 is 56.8 Å². The van der Waals surface area contributed by atoms with E-state index >= 15 is 0 Å². The van der Waals surface area contributed by atoms with Crippen LogP contribution in [0, 0.1) is 0 Å². The second-order valence-corrected chi connectivity index (χ2v) is 8.14. The maximum absolute atomic E-state index is 10.6. The van der Waals surface area contributed by atoms with Crippen LogP contribution >= 0.6 is 11.6 Å². The molecule has 0 bridgehead atoms. The molecule has 0 radical (unpaired) electrons. The zero-order valence-corrected chi connectivity index (χ0v) is 24.9. The zero-order chi connectivity index (χ0) is 29.0. The summed E-state index contributed by atoms with van der Waals surface area (Å²) in [5.41, 5.74) is 0. The third kappa shape index (κ3) is 37.3. The minimum Gasteiger partial charge on any atom is -0.463 e. The summed E-state index contributed by atoms with van der Waals surface area (Å²) < 4.78 is 63.9. The molecular weight excluding hydrogens is 556 g/mol. The van der Waals surface area contributed by atoms with E-state index in [1.165, 1.54) is 6.92 Å². The normalized spacial score (nSPS) is 11.3. The first-order valence-corrected chi connectivity index (χ1v) is 14.3. The molecule has 14 heteroatoms. The smallest absolute Gasteiger partial charge is 0.302 e. The van der Waals surface area contributed by atoms with Gasteiger partial charge in [-0.3, -0.25) is 4.79 Å². The van der Waals surface area contributed by atoms with Gasteiger partial charge in [0.2, 0.25) is 0 Å². The highest BCUT2D eigenvalue weighted by Crippen LogP contribution is 1.87. The van der Waals surface area contributed by atoms with Crippen molar-refractivity contribution < 1.29 is 61.6 Å². The number of hydrogen-bond acceptors (Lipinski definition) is 13. The van der Waals surface area contributed by atoms with E-state index in [1.807, 2.05) is 0 Å². The largest absolute Gasteiger partial charge is 0.463 e. The van der Waals surface area contributed by atoms with Gasteiger partial charge in [-0.05, 0) is 0 Å². The summed E-state index contributed by atoms with van der Waals surface area (Å²) in [6.45, 7) is 12.6. The molecule has 0 amide bonds. The van der Waals surface area contributed by atoms with E-state index in [0.717, 1.165) is 0 Å². The molecule has 240 valence electrons. The molecule has 0 saturated heterocycles. The van der Waals surface area contributed by atoms with E-state index in [1.54, 1.807) is 0 Å². The molecule has 0 rings (SSSR count). The number of carbonyl (C=O) groups excluding carboxylic acids is 1. The number of rotatable bonds is 35. The number of carbonyl (C=O) groups is 1. The first kappa shape index (κ1) is 39.3. The Kier molecular flexibility index (Phi) is 35.7. The standard InChI is InChI=1S/C26H51ClO13/c1-26(28)40-25-24-39-23-22-38-21-20-37-19-18-36-17-16-35-15-14-34-13-12-33-11-10-32-9-8-31-7-6-30-5-4-29-3-2-27/h2-25H2,1H3. The summed E-state index contributed by atoms with van der Waals surface area (Å²) in [7, 11) is 0. The Labute approximate surface area is 244 Å². The van der Waals surface area contributed by atoms with E-state index in [9.17, 15) is 4.79 Å². The Balaban J connectivity index is 3.03. The van der Waals surface area contributed by atoms with Crippen molar-refractivity contribution in [3.8, 4) is 0 Å². The lowest BCUT2D eigenvalue weighted by atomic mass is 10.6. The Morgan fingerprint density at radius 1 is 0.350 bits per heavy atom. The van der Waals surface area contributed by atoms with Crippen molar-refractivity contribution in [3.05, 3.63) is 0 Å². The zero-order valence-electron chi connectivity index (χ0n) is 24.2. The summed E-state index contributed by atoms with van der Waals surface area (Å²) >= 11 is 5.50. The molecular formula is C26H51ClO13. The van der Waals surface area contributed by atoms with E-state index in [4.69, 9.17) is 68.4 Å². The molecule has 0 aromatic rings. The Bertz CT molecular complexity index is 492. The number of esters is 1. The highest BCUT2D eigenvalue weighted by Gasteiger charge is 1.97. The van der Waals surface area contributed by atoms with Crippen LogP contribution in [0.25, 0.3) is 0 Å². The van der Waals surface area contributed by atoms with E-state index in [0.29, 0.717) is 151 Å². The van der Waals surface area contributed by atoms with Gasteiger partial charge >= 0.3 is 5.97 Å². The summed E-state index contributed by atoms with van der Waals surface area (Å²) in [5, 5.41) is 0. The van der Waals surface area contributed by atoms with Crippen LogP contribution in [0.15, 0.2) is 0 Å². The molecule has 13 nitrogen and oxygen atoms in total. The van der Waals surface area contributed by atoms with Crippen LogP contribution in [0.2, 0.25) is 0 Å². The van der Waals surface area contributed by atoms with Gasteiger partial charge in [0.1, 0.15) is 6.61 Å². The van der Waals surface area contributed by atoms with Gasteiger partial charge in [0, 0.05) is 12.8 Å². The fourth-order valence-electron chi connectivity index (χ4n) is 2.60. The molecule has 0 heterocycles. The highest BCUT2D eigenvalue weighted by atomic mass is 35.5. The lowest BCUT2D eigenvalue weighted by Gasteiger charge is -2.09. The van der Waals surface area contributed by atoms with Gasteiger partial charge in [-0.2, -0.15) is 0 Å². The molecule has 0 aromatic carbocycles. The second-order valence-electron chi connectivity index (χ2n) is 7.77. The molecule has 0 saturated carbocycles. The van der Waals surface area contributed by atoms with Crippen LogP contribution in [0.3, 0.4) is 0 Å².